The molecule has 0 bridgehead atoms. The predicted molar refractivity (Wildman–Crippen MR) is 128 cm³/mol. The van der Waals surface area contributed by atoms with E-state index in [1.165, 1.54) is 22.9 Å². The van der Waals surface area contributed by atoms with Gasteiger partial charge in [-0.25, -0.2) is 0 Å². The molecule has 1 amide bonds. The first-order valence-electron chi connectivity index (χ1n) is 11.1. The Labute approximate surface area is 206 Å². The van der Waals surface area contributed by atoms with Crippen molar-refractivity contribution in [2.75, 3.05) is 26.2 Å². The first-order valence-corrected chi connectivity index (χ1v) is 12.3. The van der Waals surface area contributed by atoms with Crippen molar-refractivity contribution in [3.05, 3.63) is 92.4 Å². The highest BCUT2D eigenvalue weighted by Crippen LogP contribution is 2.38. The van der Waals surface area contributed by atoms with E-state index in [2.05, 4.69) is 39.0 Å². The topological polar surface area (TPSA) is 60.6 Å². The van der Waals surface area contributed by atoms with Gasteiger partial charge in [0.25, 0.3) is 0 Å². The lowest BCUT2D eigenvalue weighted by Crippen LogP contribution is -2.50. The molecule has 0 radical (unpaired) electrons. The number of benzene rings is 1. The van der Waals surface area contributed by atoms with Gasteiger partial charge in [0.2, 0.25) is 18.3 Å². The largest absolute Gasteiger partial charge is 0.340 e. The van der Waals surface area contributed by atoms with E-state index in [-0.39, 0.29) is 18.4 Å². The van der Waals surface area contributed by atoms with Crippen LogP contribution in [0.2, 0.25) is 5.02 Å². The number of rotatable bonds is 3. The smallest absolute Gasteiger partial charge is 0.227 e. The number of aromatic nitrogens is 2. The summed E-state index contributed by atoms with van der Waals surface area (Å²) in [5.74, 6) is 0.0800. The predicted octanol–water partition coefficient (Wildman–Crippen LogP) is 3.60. The molecule has 1 N–H and O–H groups in total. The molecule has 0 spiro atoms. The van der Waals surface area contributed by atoms with Crippen LogP contribution in [0.5, 0.6) is 0 Å². The summed E-state index contributed by atoms with van der Waals surface area (Å²) in [6, 6.07) is 12.0. The highest BCUT2D eigenvalue weighted by Gasteiger charge is 2.33. The molecular weight excluding hydrogens is 504 g/mol. The summed E-state index contributed by atoms with van der Waals surface area (Å²) in [6.07, 6.45) is 7.12. The summed E-state index contributed by atoms with van der Waals surface area (Å²) in [4.78, 5) is 22.1. The quantitative estimate of drug-likeness (QED) is 0.417. The van der Waals surface area contributed by atoms with E-state index in [1.54, 1.807) is 12.3 Å². The van der Waals surface area contributed by atoms with Crippen LogP contribution in [0.4, 0.5) is 0 Å². The molecular formula is C25H25BrClN4O2+. The van der Waals surface area contributed by atoms with Gasteiger partial charge < -0.3 is 4.90 Å². The molecule has 1 aliphatic heterocycles. The zero-order valence-electron chi connectivity index (χ0n) is 18.1. The molecule has 1 atom stereocenters. The molecule has 3 heterocycles. The molecule has 3 aromatic rings. The average Bonchev–Trinajstić information content (AvgIpc) is 2.95. The van der Waals surface area contributed by atoms with Crippen molar-refractivity contribution in [2.24, 2.45) is 0 Å². The van der Waals surface area contributed by atoms with Crippen molar-refractivity contribution in [3.8, 4) is 0 Å². The zero-order chi connectivity index (χ0) is 22.9. The van der Waals surface area contributed by atoms with Gasteiger partial charge in [-0.1, -0.05) is 17.7 Å². The molecule has 2 aliphatic rings. The van der Waals surface area contributed by atoms with Gasteiger partial charge in [-0.05, 0) is 69.7 Å². The lowest BCUT2D eigenvalue weighted by molar-refractivity contribution is -0.905. The van der Waals surface area contributed by atoms with E-state index < -0.39 is 0 Å². The van der Waals surface area contributed by atoms with Gasteiger partial charge in [0, 0.05) is 58.2 Å². The Morgan fingerprint density at radius 2 is 1.94 bits per heavy atom. The number of fused-ring (bicyclic) bond motifs is 2. The number of amides is 1. The Morgan fingerprint density at radius 3 is 2.73 bits per heavy atom. The Bertz CT molecular complexity index is 1140. The molecule has 1 aromatic carbocycles. The van der Waals surface area contributed by atoms with Crippen LogP contribution in [0, 0.1) is 0 Å². The van der Waals surface area contributed by atoms with E-state index in [0.717, 1.165) is 51.4 Å². The van der Waals surface area contributed by atoms with Crippen LogP contribution in [0.3, 0.4) is 0 Å². The van der Waals surface area contributed by atoms with Crippen molar-refractivity contribution in [1.29, 1.82) is 0 Å². The number of carbonyl (C=O) groups is 1. The maximum absolute atomic E-state index is 12.9. The second kappa shape index (κ2) is 9.41. The van der Waals surface area contributed by atoms with E-state index in [0.29, 0.717) is 13.1 Å². The summed E-state index contributed by atoms with van der Waals surface area (Å²) < 4.78 is 1.98. The Balaban J connectivity index is 1.37. The first kappa shape index (κ1) is 22.3. The molecule has 0 saturated carbocycles. The van der Waals surface area contributed by atoms with Gasteiger partial charge in [0.15, 0.2) is 0 Å². The molecule has 1 saturated heterocycles. The third kappa shape index (κ3) is 4.76. The summed E-state index contributed by atoms with van der Waals surface area (Å²) >= 11 is 9.91. The first-order chi connectivity index (χ1) is 16.0. The van der Waals surface area contributed by atoms with Gasteiger partial charge in [0.05, 0.1) is 18.2 Å². The van der Waals surface area contributed by atoms with Crippen LogP contribution in [0.25, 0.3) is 0 Å². The molecule has 8 heteroatoms. The number of aryl methyl sites for hydroxylation is 2. The van der Waals surface area contributed by atoms with Crippen LogP contribution < -0.4 is 4.73 Å². The minimum atomic E-state index is 0.0441. The third-order valence-corrected chi connectivity index (χ3v) is 7.19. The van der Waals surface area contributed by atoms with Gasteiger partial charge in [-0.2, -0.15) is 0 Å². The van der Waals surface area contributed by atoms with Gasteiger partial charge in [-0.15, -0.1) is 0 Å². The molecule has 170 valence electrons. The zero-order valence-corrected chi connectivity index (χ0v) is 20.5. The average molecular weight is 529 g/mol. The minimum absolute atomic E-state index is 0.0441. The summed E-state index contributed by atoms with van der Waals surface area (Å²) in [5.41, 5.74) is 5.66. The number of carbonyl (C=O) groups excluding carboxylic acids is 1. The summed E-state index contributed by atoms with van der Waals surface area (Å²) in [5, 5.41) is 10.4. The molecule has 5 rings (SSSR count). The van der Waals surface area contributed by atoms with Crippen LogP contribution in [-0.2, 0) is 24.1 Å². The third-order valence-electron chi connectivity index (χ3n) is 6.53. The van der Waals surface area contributed by atoms with E-state index >= 15 is 0 Å². The van der Waals surface area contributed by atoms with Crippen LogP contribution in [-0.4, -0.2) is 52.1 Å². The van der Waals surface area contributed by atoms with Crippen LogP contribution >= 0.6 is 27.5 Å². The normalized spacial score (nSPS) is 18.4. The van der Waals surface area contributed by atoms with Gasteiger partial charge >= 0.3 is 0 Å². The lowest BCUT2D eigenvalue weighted by atomic mass is 9.96. The number of nitrogens with zero attached hydrogens (tertiary/aromatic N) is 4. The number of hydrogen-bond acceptors (Lipinski definition) is 4. The fraction of sp³-hybridized carbons (Fsp3) is 0.320. The monoisotopic (exact) mass is 527 g/mol. The second-order valence-electron chi connectivity index (χ2n) is 8.63. The number of halogens is 2. The number of pyridine rings is 2. The minimum Gasteiger partial charge on any atom is -0.340 e. The number of piperazine rings is 1. The molecule has 2 aromatic heterocycles. The maximum atomic E-state index is 12.9. The van der Waals surface area contributed by atoms with Crippen molar-refractivity contribution >= 4 is 33.4 Å². The highest BCUT2D eigenvalue weighted by atomic mass is 79.9. The lowest BCUT2D eigenvalue weighted by Gasteiger charge is -2.39. The van der Waals surface area contributed by atoms with E-state index in [9.17, 15) is 10.0 Å². The van der Waals surface area contributed by atoms with Crippen molar-refractivity contribution in [1.82, 2.24) is 14.8 Å². The van der Waals surface area contributed by atoms with Gasteiger partial charge in [0.1, 0.15) is 0 Å². The molecule has 33 heavy (non-hydrogen) atoms. The van der Waals surface area contributed by atoms with E-state index in [1.807, 2.05) is 23.2 Å². The molecule has 1 unspecified atom stereocenters. The van der Waals surface area contributed by atoms with Crippen molar-refractivity contribution < 1.29 is 14.7 Å². The fourth-order valence-corrected chi connectivity index (χ4v) is 5.49. The van der Waals surface area contributed by atoms with Crippen molar-refractivity contribution in [3.63, 3.8) is 0 Å². The summed E-state index contributed by atoms with van der Waals surface area (Å²) in [7, 11) is 0. The van der Waals surface area contributed by atoms with Gasteiger partial charge in [-0.3, -0.25) is 19.9 Å². The Morgan fingerprint density at radius 1 is 1.15 bits per heavy atom. The molecule has 1 fully saturated rings. The Kier molecular flexibility index (Phi) is 6.36. The SMILES string of the molecule is O=C(Cc1ccc[n+](O)c1)N1CCN(C2c3ccc(Cl)cc3CCc3cc(Br)cnc32)CC1. The highest BCUT2D eigenvalue weighted by molar-refractivity contribution is 9.10. The molecule has 6 nitrogen and oxygen atoms in total. The fourth-order valence-electron chi connectivity index (χ4n) is 4.91. The number of hydrogen-bond donors (Lipinski definition) is 1. The summed E-state index contributed by atoms with van der Waals surface area (Å²) in [6.45, 7) is 2.86. The maximum Gasteiger partial charge on any atom is 0.227 e. The van der Waals surface area contributed by atoms with E-state index in [4.69, 9.17) is 16.6 Å². The van der Waals surface area contributed by atoms with Crippen LogP contribution in [0.1, 0.15) is 34.0 Å². The molecule has 1 aliphatic carbocycles. The Hall–Kier alpha value is -2.48. The van der Waals surface area contributed by atoms with Crippen LogP contribution in [0.15, 0.2) is 59.5 Å². The second-order valence-corrected chi connectivity index (χ2v) is 9.98. The standard InChI is InChI=1S/C25H25BrClN4O2/c26-20-13-19-4-3-18-14-21(27)5-6-22(18)25(24(19)28-15-20)30-10-8-29(9-11-30)23(32)12-17-2-1-7-31(33)16-17/h1-2,5-7,13-16,25,33H,3-4,8-12H2/q+1. The van der Waals surface area contributed by atoms with Crippen molar-refractivity contribution in [2.45, 2.75) is 25.3 Å².